The van der Waals surface area contributed by atoms with Gasteiger partial charge in [-0.05, 0) is 42.7 Å². The summed E-state index contributed by atoms with van der Waals surface area (Å²) in [6.07, 6.45) is 0.801. The van der Waals surface area contributed by atoms with Gasteiger partial charge in [-0.1, -0.05) is 18.2 Å². The van der Waals surface area contributed by atoms with Crippen LogP contribution in [0.3, 0.4) is 0 Å². The summed E-state index contributed by atoms with van der Waals surface area (Å²) >= 11 is 1.61. The third kappa shape index (κ3) is 4.85. The number of anilines is 1. The molecule has 0 bridgehead atoms. The minimum Gasteiger partial charge on any atom is -0.497 e. The minimum absolute atomic E-state index is 0.157. The molecule has 1 aromatic heterocycles. The van der Waals surface area contributed by atoms with Gasteiger partial charge in [0.25, 0.3) is 0 Å². The van der Waals surface area contributed by atoms with Crippen LogP contribution in [0.1, 0.15) is 22.4 Å². The standard InChI is InChI=1S/C24H29N3O4S2/c1-17-6-5-7-19(18(17)2)14-20-16-32-24(25-20)26-10-12-27(13-11-26)33(28,29)23-9-8-21(30-3)15-22(23)31-4/h5-9,15-16H,10-14H2,1-4H3. The van der Waals surface area contributed by atoms with E-state index < -0.39 is 10.0 Å². The molecule has 0 radical (unpaired) electrons. The Balaban J connectivity index is 1.44. The summed E-state index contributed by atoms with van der Waals surface area (Å²) < 4.78 is 38.5. The smallest absolute Gasteiger partial charge is 0.246 e. The predicted octanol–water partition coefficient (Wildman–Crippen LogP) is 3.88. The average molecular weight is 488 g/mol. The predicted molar refractivity (Wildman–Crippen MR) is 131 cm³/mol. The Labute approximate surface area is 199 Å². The fourth-order valence-corrected chi connectivity index (χ4v) is 6.41. The molecule has 0 saturated carbocycles. The first kappa shape index (κ1) is 23.5. The van der Waals surface area contributed by atoms with E-state index in [-0.39, 0.29) is 10.6 Å². The molecule has 33 heavy (non-hydrogen) atoms. The Morgan fingerprint density at radius 1 is 1.03 bits per heavy atom. The van der Waals surface area contributed by atoms with Crippen molar-refractivity contribution in [2.24, 2.45) is 0 Å². The number of aromatic nitrogens is 1. The Bertz CT molecular complexity index is 1230. The summed E-state index contributed by atoms with van der Waals surface area (Å²) in [5.41, 5.74) is 4.92. The first-order valence-electron chi connectivity index (χ1n) is 10.8. The highest BCUT2D eigenvalue weighted by atomic mass is 32.2. The van der Waals surface area contributed by atoms with Gasteiger partial charge in [0.2, 0.25) is 10.0 Å². The highest BCUT2D eigenvalue weighted by Crippen LogP contribution is 2.32. The molecular formula is C24H29N3O4S2. The zero-order valence-corrected chi connectivity index (χ0v) is 21.0. The SMILES string of the molecule is COc1ccc(S(=O)(=O)N2CCN(c3nc(Cc4cccc(C)c4C)cs3)CC2)c(OC)c1. The molecule has 0 spiro atoms. The quantitative estimate of drug-likeness (QED) is 0.504. The van der Waals surface area contributed by atoms with Crippen molar-refractivity contribution in [3.63, 3.8) is 0 Å². The van der Waals surface area contributed by atoms with Crippen molar-refractivity contribution in [2.75, 3.05) is 45.3 Å². The van der Waals surface area contributed by atoms with Crippen molar-refractivity contribution >= 4 is 26.5 Å². The summed E-state index contributed by atoms with van der Waals surface area (Å²) in [7, 11) is -0.672. The van der Waals surface area contributed by atoms with Gasteiger partial charge >= 0.3 is 0 Å². The van der Waals surface area contributed by atoms with Gasteiger partial charge in [0.15, 0.2) is 5.13 Å². The average Bonchev–Trinajstić information content (AvgIpc) is 3.30. The van der Waals surface area contributed by atoms with Crippen LogP contribution in [0, 0.1) is 13.8 Å². The van der Waals surface area contributed by atoms with E-state index in [1.807, 2.05) is 0 Å². The molecule has 9 heteroatoms. The maximum absolute atomic E-state index is 13.3. The Hall–Kier alpha value is -2.62. The first-order valence-corrected chi connectivity index (χ1v) is 13.1. The van der Waals surface area contributed by atoms with Crippen LogP contribution in [0.5, 0.6) is 11.5 Å². The number of aryl methyl sites for hydroxylation is 1. The van der Waals surface area contributed by atoms with Crippen LogP contribution < -0.4 is 14.4 Å². The van der Waals surface area contributed by atoms with Crippen LogP contribution in [0.15, 0.2) is 46.7 Å². The van der Waals surface area contributed by atoms with E-state index in [1.54, 1.807) is 29.5 Å². The minimum atomic E-state index is -3.67. The van der Waals surface area contributed by atoms with Crippen LogP contribution in [0.4, 0.5) is 5.13 Å². The van der Waals surface area contributed by atoms with Gasteiger partial charge in [-0.25, -0.2) is 13.4 Å². The van der Waals surface area contributed by atoms with E-state index in [0.29, 0.717) is 31.9 Å². The van der Waals surface area contributed by atoms with Gasteiger partial charge in [-0.15, -0.1) is 11.3 Å². The Morgan fingerprint density at radius 2 is 1.79 bits per heavy atom. The molecule has 1 aliphatic rings. The monoisotopic (exact) mass is 487 g/mol. The summed E-state index contributed by atoms with van der Waals surface area (Å²) in [5, 5.41) is 3.04. The molecular weight excluding hydrogens is 458 g/mol. The van der Waals surface area contributed by atoms with E-state index in [9.17, 15) is 8.42 Å². The van der Waals surface area contributed by atoms with Gasteiger partial charge in [-0.3, -0.25) is 0 Å². The van der Waals surface area contributed by atoms with Gasteiger partial charge in [0.05, 0.1) is 19.9 Å². The van der Waals surface area contributed by atoms with E-state index >= 15 is 0 Å². The van der Waals surface area contributed by atoms with E-state index in [1.165, 1.54) is 35.2 Å². The van der Waals surface area contributed by atoms with Crippen molar-refractivity contribution in [1.29, 1.82) is 0 Å². The maximum atomic E-state index is 13.3. The number of methoxy groups -OCH3 is 2. The molecule has 0 aliphatic carbocycles. The van der Waals surface area contributed by atoms with Crippen LogP contribution in [0.25, 0.3) is 0 Å². The van der Waals surface area contributed by atoms with Crippen LogP contribution >= 0.6 is 11.3 Å². The van der Waals surface area contributed by atoms with Crippen molar-refractivity contribution in [1.82, 2.24) is 9.29 Å². The lowest BCUT2D eigenvalue weighted by Gasteiger charge is -2.34. The van der Waals surface area contributed by atoms with Crippen molar-refractivity contribution in [3.05, 3.63) is 64.2 Å². The molecule has 1 aliphatic heterocycles. The number of hydrogen-bond donors (Lipinski definition) is 0. The largest absolute Gasteiger partial charge is 0.497 e. The normalized spacial score (nSPS) is 15.0. The number of hydrogen-bond acceptors (Lipinski definition) is 7. The van der Waals surface area contributed by atoms with Crippen LogP contribution in [0.2, 0.25) is 0 Å². The van der Waals surface area contributed by atoms with E-state index in [4.69, 9.17) is 14.5 Å². The lowest BCUT2D eigenvalue weighted by molar-refractivity contribution is 0.370. The van der Waals surface area contributed by atoms with Gasteiger partial charge in [0, 0.05) is 44.0 Å². The third-order valence-electron chi connectivity index (χ3n) is 6.13. The summed E-state index contributed by atoms with van der Waals surface area (Å²) in [6.45, 7) is 6.24. The van der Waals surface area contributed by atoms with Gasteiger partial charge < -0.3 is 14.4 Å². The molecule has 2 aromatic carbocycles. The zero-order valence-electron chi connectivity index (χ0n) is 19.4. The maximum Gasteiger partial charge on any atom is 0.246 e. The van der Waals surface area contributed by atoms with E-state index in [2.05, 4.69) is 42.3 Å². The number of piperazine rings is 1. The summed E-state index contributed by atoms with van der Waals surface area (Å²) in [6, 6.07) is 11.1. The molecule has 3 aromatic rings. The first-order chi connectivity index (χ1) is 15.8. The fourth-order valence-electron chi connectivity index (χ4n) is 3.97. The molecule has 0 amide bonds. The molecule has 0 N–H and O–H groups in total. The summed E-state index contributed by atoms with van der Waals surface area (Å²) in [4.78, 5) is 7.15. The zero-order chi connectivity index (χ0) is 23.6. The molecule has 1 saturated heterocycles. The second kappa shape index (κ2) is 9.70. The molecule has 2 heterocycles. The lowest BCUT2D eigenvalue weighted by Crippen LogP contribution is -2.48. The number of sulfonamides is 1. The molecule has 176 valence electrons. The second-order valence-corrected chi connectivity index (χ2v) is 10.8. The number of rotatable bonds is 7. The highest BCUT2D eigenvalue weighted by Gasteiger charge is 2.31. The van der Waals surface area contributed by atoms with Crippen molar-refractivity contribution < 1.29 is 17.9 Å². The van der Waals surface area contributed by atoms with Crippen molar-refractivity contribution in [3.8, 4) is 11.5 Å². The second-order valence-electron chi connectivity index (χ2n) is 8.07. The van der Waals surface area contributed by atoms with Gasteiger partial charge in [0.1, 0.15) is 16.4 Å². The molecule has 4 rings (SSSR count). The highest BCUT2D eigenvalue weighted by molar-refractivity contribution is 7.89. The molecule has 1 fully saturated rings. The van der Waals surface area contributed by atoms with Crippen LogP contribution in [-0.4, -0.2) is 58.1 Å². The fraction of sp³-hybridized carbons (Fsp3) is 0.375. The number of ether oxygens (including phenoxy) is 2. The molecule has 7 nitrogen and oxygen atoms in total. The lowest BCUT2D eigenvalue weighted by atomic mass is 10.0. The molecule has 0 atom stereocenters. The topological polar surface area (TPSA) is 72.0 Å². The van der Waals surface area contributed by atoms with Gasteiger partial charge in [-0.2, -0.15) is 4.31 Å². The third-order valence-corrected chi connectivity index (χ3v) is 9.01. The number of benzene rings is 2. The number of thiazole rings is 1. The Morgan fingerprint density at radius 3 is 2.48 bits per heavy atom. The molecule has 0 unspecified atom stereocenters. The van der Waals surface area contributed by atoms with Crippen molar-refractivity contribution in [2.45, 2.75) is 25.2 Å². The summed E-state index contributed by atoms with van der Waals surface area (Å²) in [5.74, 6) is 0.837. The van der Waals surface area contributed by atoms with Crippen LogP contribution in [-0.2, 0) is 16.4 Å². The number of nitrogens with zero attached hydrogens (tertiary/aromatic N) is 3. The van der Waals surface area contributed by atoms with E-state index in [0.717, 1.165) is 17.2 Å². The Kier molecular flexibility index (Phi) is 6.92.